The van der Waals surface area contributed by atoms with Crippen molar-refractivity contribution in [2.75, 3.05) is 27.2 Å². The summed E-state index contributed by atoms with van der Waals surface area (Å²) in [4.78, 5) is 16.7. The van der Waals surface area contributed by atoms with Crippen LogP contribution in [0.25, 0.3) is 5.69 Å². The van der Waals surface area contributed by atoms with E-state index in [1.807, 2.05) is 36.1 Å². The molecular formula is C23H26N4O3. The van der Waals surface area contributed by atoms with Gasteiger partial charge in [0, 0.05) is 37.6 Å². The van der Waals surface area contributed by atoms with Crippen LogP contribution in [0, 0.1) is 0 Å². The number of hydrogen-bond acceptors (Lipinski definition) is 5. The van der Waals surface area contributed by atoms with Crippen LogP contribution in [0.3, 0.4) is 0 Å². The maximum absolute atomic E-state index is 12.8. The molecule has 0 unspecified atom stereocenters. The van der Waals surface area contributed by atoms with Gasteiger partial charge in [-0.05, 0) is 55.1 Å². The summed E-state index contributed by atoms with van der Waals surface area (Å²) in [5, 5.41) is 14.9. The fourth-order valence-corrected chi connectivity index (χ4v) is 3.91. The normalized spacial score (nSPS) is 18.7. The monoisotopic (exact) mass is 406 g/mol. The number of ether oxygens (including phenoxy) is 1. The quantitative estimate of drug-likeness (QED) is 0.680. The molecule has 1 fully saturated rings. The van der Waals surface area contributed by atoms with Gasteiger partial charge in [-0.25, -0.2) is 4.68 Å². The number of rotatable bonds is 6. The number of nitrogens with zero attached hydrogens (tertiary/aromatic N) is 4. The van der Waals surface area contributed by atoms with Crippen LogP contribution in [0.4, 0.5) is 0 Å². The lowest BCUT2D eigenvalue weighted by molar-refractivity contribution is 0.0762. The van der Waals surface area contributed by atoms with Crippen molar-refractivity contribution in [2.24, 2.45) is 0 Å². The minimum absolute atomic E-state index is 0.0757. The highest BCUT2D eigenvalue weighted by atomic mass is 16.5. The van der Waals surface area contributed by atoms with Crippen LogP contribution in [-0.4, -0.2) is 70.0 Å². The van der Waals surface area contributed by atoms with Gasteiger partial charge < -0.3 is 14.7 Å². The van der Waals surface area contributed by atoms with E-state index in [9.17, 15) is 9.90 Å². The van der Waals surface area contributed by atoms with Crippen LogP contribution in [-0.2, 0) is 6.54 Å². The zero-order valence-corrected chi connectivity index (χ0v) is 17.2. The molecule has 156 valence electrons. The lowest BCUT2D eigenvalue weighted by Crippen LogP contribution is -2.40. The Bertz CT molecular complexity index is 988. The van der Waals surface area contributed by atoms with E-state index in [2.05, 4.69) is 22.1 Å². The molecule has 7 nitrogen and oxygen atoms in total. The molecule has 0 spiro atoms. The topological polar surface area (TPSA) is 70.8 Å². The Kier molecular flexibility index (Phi) is 5.83. The Morgan fingerprint density at radius 2 is 2.00 bits per heavy atom. The highest BCUT2D eigenvalue weighted by Crippen LogP contribution is 2.21. The minimum Gasteiger partial charge on any atom is -0.497 e. The lowest BCUT2D eigenvalue weighted by Gasteiger charge is -2.26. The summed E-state index contributed by atoms with van der Waals surface area (Å²) in [6.07, 6.45) is 3.07. The average molecular weight is 406 g/mol. The van der Waals surface area contributed by atoms with E-state index in [0.29, 0.717) is 30.9 Å². The number of amides is 1. The van der Waals surface area contributed by atoms with Gasteiger partial charge in [0.15, 0.2) is 0 Å². The molecule has 1 amide bonds. The average Bonchev–Trinajstić information content (AvgIpc) is 3.43. The minimum atomic E-state index is -0.591. The first-order valence-electron chi connectivity index (χ1n) is 9.96. The third-order valence-electron chi connectivity index (χ3n) is 5.56. The Morgan fingerprint density at radius 1 is 1.20 bits per heavy atom. The van der Waals surface area contributed by atoms with Gasteiger partial charge in [-0.2, -0.15) is 5.10 Å². The Labute approximate surface area is 176 Å². The van der Waals surface area contributed by atoms with E-state index in [1.165, 1.54) is 0 Å². The number of β-amino-alcohol motifs (C(OH)–C–C–N with tert-alkyl or cyclic N) is 1. The van der Waals surface area contributed by atoms with Crippen LogP contribution in [0.5, 0.6) is 5.75 Å². The first-order chi connectivity index (χ1) is 14.5. The molecule has 30 heavy (non-hydrogen) atoms. The number of methoxy groups -OCH3 is 1. The summed E-state index contributed by atoms with van der Waals surface area (Å²) >= 11 is 0. The van der Waals surface area contributed by atoms with Crippen molar-refractivity contribution < 1.29 is 14.6 Å². The van der Waals surface area contributed by atoms with Crippen molar-refractivity contribution in [1.82, 2.24) is 19.6 Å². The highest BCUT2D eigenvalue weighted by Gasteiger charge is 2.36. The van der Waals surface area contributed by atoms with Crippen LogP contribution in [0.2, 0.25) is 0 Å². The van der Waals surface area contributed by atoms with Gasteiger partial charge in [-0.15, -0.1) is 0 Å². The molecular weight excluding hydrogens is 380 g/mol. The molecule has 2 heterocycles. The van der Waals surface area contributed by atoms with Crippen LogP contribution < -0.4 is 4.74 Å². The second-order valence-electron chi connectivity index (χ2n) is 7.61. The van der Waals surface area contributed by atoms with Crippen molar-refractivity contribution in [3.8, 4) is 11.4 Å². The fraction of sp³-hybridized carbons (Fsp3) is 0.304. The molecule has 1 aliphatic rings. The maximum atomic E-state index is 12.8. The number of likely N-dealkylation sites (tertiary alicyclic amines) is 1. The van der Waals surface area contributed by atoms with E-state index in [0.717, 1.165) is 11.3 Å². The van der Waals surface area contributed by atoms with Gasteiger partial charge in [0.2, 0.25) is 0 Å². The second kappa shape index (κ2) is 8.69. The van der Waals surface area contributed by atoms with E-state index in [4.69, 9.17) is 4.74 Å². The smallest absolute Gasteiger partial charge is 0.254 e. The lowest BCUT2D eigenvalue weighted by atomic mass is 10.1. The molecule has 4 rings (SSSR count). The predicted octanol–water partition coefficient (Wildman–Crippen LogP) is 2.20. The van der Waals surface area contributed by atoms with Crippen LogP contribution in [0.1, 0.15) is 15.9 Å². The van der Waals surface area contributed by atoms with Crippen molar-refractivity contribution >= 4 is 5.91 Å². The Hall–Kier alpha value is -3.16. The highest BCUT2D eigenvalue weighted by molar-refractivity contribution is 5.94. The molecule has 3 aromatic rings. The zero-order chi connectivity index (χ0) is 21.1. The Morgan fingerprint density at radius 3 is 2.70 bits per heavy atom. The fourth-order valence-electron chi connectivity index (χ4n) is 3.91. The Balaban J connectivity index is 1.42. The second-order valence-corrected chi connectivity index (χ2v) is 7.61. The number of aliphatic hydroxyl groups is 1. The van der Waals surface area contributed by atoms with Gasteiger partial charge in [0.05, 0.1) is 24.9 Å². The zero-order valence-electron chi connectivity index (χ0n) is 17.2. The summed E-state index contributed by atoms with van der Waals surface area (Å²) in [5.41, 5.74) is 2.71. The largest absolute Gasteiger partial charge is 0.497 e. The number of carbonyl (C=O) groups excluding carboxylic acids is 1. The van der Waals surface area contributed by atoms with Gasteiger partial charge in [0.25, 0.3) is 5.91 Å². The number of aliphatic hydroxyl groups excluding tert-OH is 1. The molecule has 0 bridgehead atoms. The summed E-state index contributed by atoms with van der Waals surface area (Å²) in [6, 6.07) is 17.0. The molecule has 7 heteroatoms. The standard InChI is InChI=1S/C23H26N4O3/c1-25(14-17-5-3-6-19(13-17)27-12-4-11-24-27)21-15-26(16-22(21)28)23(29)18-7-9-20(30-2)10-8-18/h3-13,21-22,28H,14-16H2,1-2H3/t21-,22-/m0/s1. The van der Waals surface area contributed by atoms with Gasteiger partial charge in [0.1, 0.15) is 5.75 Å². The molecule has 1 aliphatic heterocycles. The SMILES string of the molecule is COc1ccc(C(=O)N2C[C@H](O)[C@@H](N(C)Cc3cccc(-n4cccn4)c3)C2)cc1. The first kappa shape index (κ1) is 20.1. The van der Waals surface area contributed by atoms with Crippen molar-refractivity contribution in [3.05, 3.63) is 78.1 Å². The third kappa shape index (κ3) is 4.22. The maximum Gasteiger partial charge on any atom is 0.254 e. The molecule has 1 saturated heterocycles. The predicted molar refractivity (Wildman–Crippen MR) is 114 cm³/mol. The van der Waals surface area contributed by atoms with E-state index in [1.54, 1.807) is 42.5 Å². The molecule has 1 aromatic heterocycles. The van der Waals surface area contributed by atoms with Crippen LogP contribution >= 0.6 is 0 Å². The molecule has 2 atom stereocenters. The van der Waals surface area contributed by atoms with E-state index < -0.39 is 6.10 Å². The molecule has 0 radical (unpaired) electrons. The van der Waals surface area contributed by atoms with Gasteiger partial charge in [-0.3, -0.25) is 9.69 Å². The molecule has 2 aromatic carbocycles. The summed E-state index contributed by atoms with van der Waals surface area (Å²) in [5.74, 6) is 0.635. The van der Waals surface area contributed by atoms with Crippen molar-refractivity contribution in [3.63, 3.8) is 0 Å². The number of likely N-dealkylation sites (N-methyl/N-ethyl adjacent to an activating group) is 1. The summed E-state index contributed by atoms with van der Waals surface area (Å²) < 4.78 is 6.97. The van der Waals surface area contributed by atoms with Gasteiger partial charge in [-0.1, -0.05) is 12.1 Å². The molecule has 1 N–H and O–H groups in total. The third-order valence-corrected chi connectivity index (χ3v) is 5.56. The molecule has 0 aliphatic carbocycles. The summed E-state index contributed by atoms with van der Waals surface area (Å²) in [6.45, 7) is 1.48. The molecule has 0 saturated carbocycles. The number of hydrogen-bond donors (Lipinski definition) is 1. The van der Waals surface area contributed by atoms with Gasteiger partial charge >= 0.3 is 0 Å². The number of carbonyl (C=O) groups is 1. The van der Waals surface area contributed by atoms with Crippen molar-refractivity contribution in [1.29, 1.82) is 0 Å². The first-order valence-corrected chi connectivity index (χ1v) is 9.96. The van der Waals surface area contributed by atoms with Crippen molar-refractivity contribution in [2.45, 2.75) is 18.7 Å². The number of aromatic nitrogens is 2. The van der Waals surface area contributed by atoms with E-state index in [-0.39, 0.29) is 11.9 Å². The number of benzene rings is 2. The van der Waals surface area contributed by atoms with Crippen LogP contribution in [0.15, 0.2) is 67.0 Å². The van der Waals surface area contributed by atoms with E-state index >= 15 is 0 Å². The summed E-state index contributed by atoms with van der Waals surface area (Å²) in [7, 11) is 3.58.